The Bertz CT molecular complexity index is 695. The van der Waals surface area contributed by atoms with Crippen LogP contribution in [0.15, 0.2) is 0 Å². The number of aromatic nitrogens is 2. The summed E-state index contributed by atoms with van der Waals surface area (Å²) in [5.74, 6) is -0.148. The molecule has 1 aromatic heterocycles. The largest absolute Gasteiger partial charge is 0.336 e. The Balaban J connectivity index is 1.85. The average molecular weight is 339 g/mol. The first kappa shape index (κ1) is 16.5. The number of rotatable bonds is 3. The molecule has 2 aliphatic carbocycles. The van der Waals surface area contributed by atoms with E-state index in [0.29, 0.717) is 12.1 Å². The van der Waals surface area contributed by atoms with Gasteiger partial charge in [-0.3, -0.25) is 9.89 Å². The van der Waals surface area contributed by atoms with E-state index in [2.05, 4.69) is 10.2 Å². The van der Waals surface area contributed by atoms with Crippen LogP contribution in [0.1, 0.15) is 60.3 Å². The van der Waals surface area contributed by atoms with Gasteiger partial charge in [0.05, 0.1) is 5.25 Å². The van der Waals surface area contributed by atoms with Gasteiger partial charge in [0.1, 0.15) is 0 Å². The van der Waals surface area contributed by atoms with Gasteiger partial charge in [-0.25, -0.2) is 8.42 Å². The maximum Gasteiger partial charge on any atom is 0.274 e. The maximum absolute atomic E-state index is 12.9. The van der Waals surface area contributed by atoms with Crippen LogP contribution in [-0.2, 0) is 22.7 Å². The predicted molar refractivity (Wildman–Crippen MR) is 88.2 cm³/mol. The molecule has 3 rings (SSSR count). The summed E-state index contributed by atoms with van der Waals surface area (Å²) in [5.41, 5.74) is 2.58. The molecule has 6 nitrogen and oxygen atoms in total. The summed E-state index contributed by atoms with van der Waals surface area (Å²) in [6.45, 7) is 0. The minimum atomic E-state index is -3.16. The van der Waals surface area contributed by atoms with Gasteiger partial charge in [0.2, 0.25) is 0 Å². The number of hydrogen-bond donors (Lipinski definition) is 1. The number of carbonyl (C=O) groups excluding carboxylic acids is 1. The summed E-state index contributed by atoms with van der Waals surface area (Å²) < 4.78 is 24.2. The fourth-order valence-corrected chi connectivity index (χ4v) is 5.48. The molecule has 2 atom stereocenters. The Morgan fingerprint density at radius 2 is 1.87 bits per heavy atom. The lowest BCUT2D eigenvalue weighted by Crippen LogP contribution is -2.49. The van der Waals surface area contributed by atoms with Crippen molar-refractivity contribution in [3.63, 3.8) is 0 Å². The predicted octanol–water partition coefficient (Wildman–Crippen LogP) is 1.72. The summed E-state index contributed by atoms with van der Waals surface area (Å²) in [4.78, 5) is 14.5. The van der Waals surface area contributed by atoms with E-state index < -0.39 is 15.1 Å². The lowest BCUT2D eigenvalue weighted by Gasteiger charge is -2.36. The first-order chi connectivity index (χ1) is 10.9. The highest BCUT2D eigenvalue weighted by Gasteiger charge is 2.38. The van der Waals surface area contributed by atoms with Gasteiger partial charge in [-0.05, 0) is 38.5 Å². The number of nitrogens with zero attached hydrogens (tertiary/aromatic N) is 2. The first-order valence-electron chi connectivity index (χ1n) is 8.41. The number of amides is 1. The van der Waals surface area contributed by atoms with Crippen molar-refractivity contribution in [2.75, 3.05) is 13.3 Å². The van der Waals surface area contributed by atoms with E-state index >= 15 is 0 Å². The lowest BCUT2D eigenvalue weighted by molar-refractivity contribution is 0.0693. The summed E-state index contributed by atoms with van der Waals surface area (Å²) in [5, 5.41) is 6.77. The average Bonchev–Trinajstić information content (AvgIpc) is 2.96. The van der Waals surface area contributed by atoms with Gasteiger partial charge in [-0.1, -0.05) is 12.8 Å². The van der Waals surface area contributed by atoms with Gasteiger partial charge < -0.3 is 4.90 Å². The molecule has 2 aliphatic rings. The first-order valence-corrected chi connectivity index (χ1v) is 10.4. The molecule has 128 valence electrons. The van der Waals surface area contributed by atoms with Crippen LogP contribution in [0, 0.1) is 0 Å². The van der Waals surface area contributed by atoms with Gasteiger partial charge in [0.25, 0.3) is 5.91 Å². The zero-order chi connectivity index (χ0) is 16.6. The van der Waals surface area contributed by atoms with Gasteiger partial charge in [0, 0.05) is 30.6 Å². The van der Waals surface area contributed by atoms with E-state index in [-0.39, 0.29) is 11.9 Å². The molecule has 1 amide bonds. The number of fused-ring (bicyclic) bond motifs is 1. The third kappa shape index (κ3) is 3.16. The summed E-state index contributed by atoms with van der Waals surface area (Å²) >= 11 is 0. The zero-order valence-electron chi connectivity index (χ0n) is 13.8. The normalized spacial score (nSPS) is 25.0. The van der Waals surface area contributed by atoms with Crippen LogP contribution in [0.25, 0.3) is 0 Å². The Hall–Kier alpha value is -1.37. The van der Waals surface area contributed by atoms with E-state index in [1.165, 1.54) is 6.26 Å². The van der Waals surface area contributed by atoms with Crippen LogP contribution >= 0.6 is 0 Å². The van der Waals surface area contributed by atoms with Gasteiger partial charge in [0.15, 0.2) is 15.5 Å². The second-order valence-electron chi connectivity index (χ2n) is 6.87. The SMILES string of the molecule is CN(C(=O)c1n[nH]c2c1CCCC2)C1CCCCC1S(C)(=O)=O. The zero-order valence-corrected chi connectivity index (χ0v) is 14.7. The third-order valence-corrected chi connectivity index (χ3v) is 6.94. The second-order valence-corrected chi connectivity index (χ2v) is 9.14. The van der Waals surface area contributed by atoms with Crippen LogP contribution in [0.2, 0.25) is 0 Å². The number of aromatic amines is 1. The number of hydrogen-bond acceptors (Lipinski definition) is 4. The Morgan fingerprint density at radius 1 is 1.17 bits per heavy atom. The molecule has 2 unspecified atom stereocenters. The highest BCUT2D eigenvalue weighted by Crippen LogP contribution is 2.29. The van der Waals surface area contributed by atoms with Crippen LogP contribution in [0.4, 0.5) is 0 Å². The quantitative estimate of drug-likeness (QED) is 0.909. The van der Waals surface area contributed by atoms with E-state index in [4.69, 9.17) is 0 Å². The standard InChI is InChI=1S/C16H25N3O3S/c1-19(13-9-5-6-10-14(13)23(2,21)22)16(20)15-11-7-3-4-8-12(11)17-18-15/h13-14H,3-10H2,1-2H3,(H,17,18). The topological polar surface area (TPSA) is 83.1 Å². The van der Waals surface area contributed by atoms with Crippen molar-refractivity contribution in [2.45, 2.75) is 62.7 Å². The molecular weight excluding hydrogens is 314 g/mol. The van der Waals surface area contributed by atoms with Crippen molar-refractivity contribution in [3.8, 4) is 0 Å². The van der Waals surface area contributed by atoms with Crippen molar-refractivity contribution in [1.82, 2.24) is 15.1 Å². The van der Waals surface area contributed by atoms with Crippen molar-refractivity contribution in [1.29, 1.82) is 0 Å². The van der Waals surface area contributed by atoms with Gasteiger partial charge in [-0.15, -0.1) is 0 Å². The monoisotopic (exact) mass is 339 g/mol. The molecular formula is C16H25N3O3S. The molecule has 0 radical (unpaired) electrons. The number of nitrogens with one attached hydrogen (secondary N) is 1. The van der Waals surface area contributed by atoms with Crippen LogP contribution in [-0.4, -0.2) is 54.0 Å². The van der Waals surface area contributed by atoms with E-state index in [1.54, 1.807) is 11.9 Å². The van der Waals surface area contributed by atoms with Crippen LogP contribution in [0.5, 0.6) is 0 Å². The molecule has 1 fully saturated rings. The lowest BCUT2D eigenvalue weighted by atomic mass is 9.92. The molecule has 1 saturated carbocycles. The molecule has 0 saturated heterocycles. The summed E-state index contributed by atoms with van der Waals surface area (Å²) in [6, 6.07) is -0.248. The molecule has 0 spiro atoms. The van der Waals surface area contributed by atoms with Gasteiger partial charge in [-0.2, -0.15) is 5.10 Å². The molecule has 0 aliphatic heterocycles. The molecule has 0 aromatic carbocycles. The van der Waals surface area contributed by atoms with Crippen molar-refractivity contribution >= 4 is 15.7 Å². The smallest absolute Gasteiger partial charge is 0.274 e. The van der Waals surface area contributed by atoms with E-state index in [0.717, 1.165) is 56.2 Å². The Morgan fingerprint density at radius 3 is 2.61 bits per heavy atom. The number of sulfone groups is 1. The Labute approximate surface area is 137 Å². The minimum Gasteiger partial charge on any atom is -0.336 e. The fraction of sp³-hybridized carbons (Fsp3) is 0.750. The molecule has 1 N–H and O–H groups in total. The maximum atomic E-state index is 12.9. The highest BCUT2D eigenvalue weighted by atomic mass is 32.2. The number of carbonyl (C=O) groups is 1. The number of aryl methyl sites for hydroxylation is 1. The summed E-state index contributed by atoms with van der Waals surface area (Å²) in [6.07, 6.45) is 8.55. The van der Waals surface area contributed by atoms with E-state index in [9.17, 15) is 13.2 Å². The molecule has 0 bridgehead atoms. The fourth-order valence-electron chi connectivity index (χ4n) is 4.00. The molecule has 7 heteroatoms. The van der Waals surface area contributed by atoms with Crippen LogP contribution in [0.3, 0.4) is 0 Å². The molecule has 1 heterocycles. The van der Waals surface area contributed by atoms with Gasteiger partial charge >= 0.3 is 0 Å². The molecule has 1 aromatic rings. The third-order valence-electron chi connectivity index (χ3n) is 5.29. The number of H-pyrrole nitrogens is 1. The highest BCUT2D eigenvalue weighted by molar-refractivity contribution is 7.91. The van der Waals surface area contributed by atoms with Crippen molar-refractivity contribution in [3.05, 3.63) is 17.0 Å². The van der Waals surface area contributed by atoms with Crippen LogP contribution < -0.4 is 0 Å². The Kier molecular flexibility index (Phi) is 4.49. The summed E-state index contributed by atoms with van der Waals surface area (Å²) in [7, 11) is -1.44. The van der Waals surface area contributed by atoms with Crippen molar-refractivity contribution in [2.24, 2.45) is 0 Å². The minimum absolute atomic E-state index is 0.148. The molecule has 23 heavy (non-hydrogen) atoms. The van der Waals surface area contributed by atoms with E-state index in [1.807, 2.05) is 0 Å². The van der Waals surface area contributed by atoms with Crippen molar-refractivity contribution < 1.29 is 13.2 Å². The second kappa shape index (κ2) is 6.26.